The van der Waals surface area contributed by atoms with E-state index >= 15 is 0 Å². The smallest absolute Gasteiger partial charge is 0.407 e. The van der Waals surface area contributed by atoms with Crippen molar-refractivity contribution in [1.29, 1.82) is 5.26 Å². The van der Waals surface area contributed by atoms with E-state index in [2.05, 4.69) is 6.07 Å². The lowest BCUT2D eigenvalue weighted by molar-refractivity contribution is -0.145. The Morgan fingerprint density at radius 2 is 2.23 bits per heavy atom. The highest BCUT2D eigenvalue weighted by molar-refractivity contribution is 5.82. The zero-order valence-corrected chi connectivity index (χ0v) is 12.2. The summed E-state index contributed by atoms with van der Waals surface area (Å²) in [5.41, 5.74) is 1.20. The zero-order valence-electron chi connectivity index (χ0n) is 12.2. The molecule has 116 valence electrons. The Labute approximate surface area is 128 Å². The largest absolute Gasteiger partial charge is 0.465 e. The molecule has 0 spiro atoms. The number of nitriles is 1. The van der Waals surface area contributed by atoms with E-state index in [1.165, 1.54) is 4.90 Å². The summed E-state index contributed by atoms with van der Waals surface area (Å²) in [6.45, 7) is 2.64. The van der Waals surface area contributed by atoms with Crippen molar-refractivity contribution in [3.63, 3.8) is 0 Å². The molecule has 1 aliphatic heterocycles. The molecule has 22 heavy (non-hydrogen) atoms. The van der Waals surface area contributed by atoms with Gasteiger partial charge in [-0.1, -0.05) is 6.07 Å². The van der Waals surface area contributed by atoms with Gasteiger partial charge in [-0.25, -0.2) is 9.59 Å². The maximum absolute atomic E-state index is 12.2. The van der Waals surface area contributed by atoms with Crippen LogP contribution in [0, 0.1) is 11.3 Å². The molecule has 1 aliphatic rings. The molecule has 1 unspecified atom stereocenters. The highest BCUT2D eigenvalue weighted by Gasteiger charge is 2.35. The summed E-state index contributed by atoms with van der Waals surface area (Å²) in [5.74, 6) is -0.462. The first-order valence-corrected chi connectivity index (χ1v) is 6.98. The van der Waals surface area contributed by atoms with E-state index in [1.54, 1.807) is 36.1 Å². The van der Waals surface area contributed by atoms with Crippen molar-refractivity contribution in [1.82, 2.24) is 4.90 Å². The number of anilines is 1. The van der Waals surface area contributed by atoms with Gasteiger partial charge in [0.2, 0.25) is 0 Å². The minimum Gasteiger partial charge on any atom is -0.465 e. The molecule has 1 fully saturated rings. The lowest BCUT2D eigenvalue weighted by atomic mass is 10.1. The molecule has 1 aromatic carbocycles. The topological polar surface area (TPSA) is 93.9 Å². The molecule has 1 amide bonds. The van der Waals surface area contributed by atoms with Crippen molar-refractivity contribution in [2.75, 3.05) is 31.1 Å². The normalized spacial score (nSPS) is 17.7. The zero-order chi connectivity index (χ0) is 16.1. The van der Waals surface area contributed by atoms with Gasteiger partial charge in [-0.3, -0.25) is 0 Å². The molecule has 0 aromatic heterocycles. The summed E-state index contributed by atoms with van der Waals surface area (Å²) >= 11 is 0. The Bertz CT molecular complexity index is 611. The monoisotopic (exact) mass is 303 g/mol. The number of hydrogen-bond donors (Lipinski definition) is 1. The molecule has 0 bridgehead atoms. The van der Waals surface area contributed by atoms with E-state index in [4.69, 9.17) is 15.1 Å². The SMILES string of the molecule is CCOC(=O)C1CN(C(=O)O)CCN1c1cccc(C#N)c1. The Morgan fingerprint density at radius 3 is 2.86 bits per heavy atom. The Hall–Kier alpha value is -2.75. The average molecular weight is 303 g/mol. The lowest BCUT2D eigenvalue weighted by Gasteiger charge is -2.40. The van der Waals surface area contributed by atoms with Gasteiger partial charge < -0.3 is 19.6 Å². The number of esters is 1. The molecular weight excluding hydrogens is 286 g/mol. The second-order valence-electron chi connectivity index (χ2n) is 4.85. The van der Waals surface area contributed by atoms with Crippen LogP contribution in [0.4, 0.5) is 10.5 Å². The van der Waals surface area contributed by atoms with Crippen LogP contribution in [-0.4, -0.2) is 54.4 Å². The first-order valence-electron chi connectivity index (χ1n) is 6.98. The average Bonchev–Trinajstić information content (AvgIpc) is 2.54. The third kappa shape index (κ3) is 3.28. The summed E-state index contributed by atoms with van der Waals surface area (Å²) in [6.07, 6.45) is -1.06. The van der Waals surface area contributed by atoms with Gasteiger partial charge in [0.25, 0.3) is 0 Å². The van der Waals surface area contributed by atoms with Crippen LogP contribution in [0.2, 0.25) is 0 Å². The van der Waals surface area contributed by atoms with Gasteiger partial charge in [-0.05, 0) is 25.1 Å². The molecule has 1 atom stereocenters. The van der Waals surface area contributed by atoms with Crippen molar-refractivity contribution in [3.8, 4) is 6.07 Å². The highest BCUT2D eigenvalue weighted by Crippen LogP contribution is 2.22. The first kappa shape index (κ1) is 15.6. The number of piperazine rings is 1. The Kier molecular flexibility index (Phi) is 4.84. The van der Waals surface area contributed by atoms with Crippen LogP contribution < -0.4 is 4.90 Å². The predicted octanol–water partition coefficient (Wildman–Crippen LogP) is 1.29. The van der Waals surface area contributed by atoms with Crippen molar-refractivity contribution in [2.45, 2.75) is 13.0 Å². The van der Waals surface area contributed by atoms with Crippen LogP contribution in [0.1, 0.15) is 12.5 Å². The Balaban J connectivity index is 2.29. The summed E-state index contributed by atoms with van der Waals surface area (Å²) in [4.78, 5) is 26.3. The maximum Gasteiger partial charge on any atom is 0.407 e. The fraction of sp³-hybridized carbons (Fsp3) is 0.400. The van der Waals surface area contributed by atoms with E-state index in [-0.39, 0.29) is 13.2 Å². The number of amides is 1. The van der Waals surface area contributed by atoms with E-state index in [9.17, 15) is 9.59 Å². The van der Waals surface area contributed by atoms with Crippen LogP contribution in [0.25, 0.3) is 0 Å². The standard InChI is InChI=1S/C15H17N3O4/c1-2-22-14(19)13-10-17(15(20)21)6-7-18(13)12-5-3-4-11(8-12)9-16/h3-5,8,13H,2,6-7,10H2,1H3,(H,20,21). The van der Waals surface area contributed by atoms with Crippen LogP contribution in [0.5, 0.6) is 0 Å². The van der Waals surface area contributed by atoms with E-state index < -0.39 is 18.1 Å². The van der Waals surface area contributed by atoms with Gasteiger partial charge in [0.05, 0.1) is 24.8 Å². The molecule has 7 heteroatoms. The number of benzene rings is 1. The number of nitrogens with zero attached hydrogens (tertiary/aromatic N) is 3. The van der Waals surface area contributed by atoms with Gasteiger partial charge >= 0.3 is 12.1 Å². The van der Waals surface area contributed by atoms with Crippen LogP contribution >= 0.6 is 0 Å². The molecule has 1 heterocycles. The molecule has 0 aliphatic carbocycles. The van der Waals surface area contributed by atoms with Crippen molar-refractivity contribution < 1.29 is 19.4 Å². The molecule has 1 aromatic rings. The van der Waals surface area contributed by atoms with Crippen LogP contribution in [0.3, 0.4) is 0 Å². The van der Waals surface area contributed by atoms with Crippen molar-refractivity contribution >= 4 is 17.7 Å². The number of rotatable bonds is 3. The molecule has 2 rings (SSSR count). The second-order valence-corrected chi connectivity index (χ2v) is 4.85. The molecular formula is C15H17N3O4. The molecule has 0 radical (unpaired) electrons. The number of ether oxygens (including phenoxy) is 1. The summed E-state index contributed by atoms with van der Waals surface area (Å²) in [7, 11) is 0. The summed E-state index contributed by atoms with van der Waals surface area (Å²) in [5, 5.41) is 18.1. The minimum absolute atomic E-state index is 0.0466. The summed E-state index contributed by atoms with van der Waals surface area (Å²) < 4.78 is 5.05. The van der Waals surface area contributed by atoms with Crippen LogP contribution in [-0.2, 0) is 9.53 Å². The van der Waals surface area contributed by atoms with E-state index in [1.807, 2.05) is 0 Å². The van der Waals surface area contributed by atoms with Gasteiger partial charge in [-0.15, -0.1) is 0 Å². The predicted molar refractivity (Wildman–Crippen MR) is 78.5 cm³/mol. The number of hydrogen-bond acceptors (Lipinski definition) is 5. The first-order chi connectivity index (χ1) is 10.6. The molecule has 1 N–H and O–H groups in total. The van der Waals surface area contributed by atoms with Gasteiger partial charge in [0.15, 0.2) is 0 Å². The molecule has 1 saturated heterocycles. The third-order valence-electron chi connectivity index (χ3n) is 3.52. The maximum atomic E-state index is 12.2. The van der Waals surface area contributed by atoms with Crippen molar-refractivity contribution in [3.05, 3.63) is 29.8 Å². The molecule has 0 saturated carbocycles. The van der Waals surface area contributed by atoms with Gasteiger partial charge in [0, 0.05) is 18.8 Å². The Morgan fingerprint density at radius 1 is 1.45 bits per heavy atom. The number of carbonyl (C=O) groups excluding carboxylic acids is 1. The lowest BCUT2D eigenvalue weighted by Crippen LogP contribution is -2.58. The number of carbonyl (C=O) groups is 2. The fourth-order valence-electron chi connectivity index (χ4n) is 2.46. The van der Waals surface area contributed by atoms with Crippen molar-refractivity contribution in [2.24, 2.45) is 0 Å². The van der Waals surface area contributed by atoms with E-state index in [0.29, 0.717) is 24.3 Å². The van der Waals surface area contributed by atoms with E-state index in [0.717, 1.165) is 0 Å². The highest BCUT2D eigenvalue weighted by atomic mass is 16.5. The fourth-order valence-corrected chi connectivity index (χ4v) is 2.46. The second kappa shape index (κ2) is 6.80. The van der Waals surface area contributed by atoms with Crippen LogP contribution in [0.15, 0.2) is 24.3 Å². The summed E-state index contributed by atoms with van der Waals surface area (Å²) in [6, 6.07) is 8.24. The van der Waals surface area contributed by atoms with Gasteiger partial charge in [-0.2, -0.15) is 5.26 Å². The minimum atomic E-state index is -1.06. The number of carboxylic acid groups (broad SMARTS) is 1. The third-order valence-corrected chi connectivity index (χ3v) is 3.52. The molecule has 7 nitrogen and oxygen atoms in total. The quantitative estimate of drug-likeness (QED) is 0.846. The van der Waals surface area contributed by atoms with Gasteiger partial charge in [0.1, 0.15) is 6.04 Å².